The van der Waals surface area contributed by atoms with Crippen molar-refractivity contribution in [2.24, 2.45) is 5.92 Å². The molecule has 0 aromatic carbocycles. The van der Waals surface area contributed by atoms with E-state index in [2.05, 4.69) is 9.76 Å². The fourth-order valence-corrected chi connectivity index (χ4v) is 3.97. The molecule has 3 aliphatic heterocycles. The summed E-state index contributed by atoms with van der Waals surface area (Å²) in [6.45, 7) is 2.33. The molecule has 0 atom stereocenters. The van der Waals surface area contributed by atoms with Gasteiger partial charge in [0.25, 0.3) is 0 Å². The van der Waals surface area contributed by atoms with Crippen LogP contribution in [0.4, 0.5) is 0 Å². The maximum absolute atomic E-state index is 5.55. The molecule has 3 radical (unpaired) electrons. The van der Waals surface area contributed by atoms with E-state index in [0.717, 1.165) is 45.0 Å². The highest BCUT2D eigenvalue weighted by molar-refractivity contribution is 7.05. The summed E-state index contributed by atoms with van der Waals surface area (Å²) in [7, 11) is 1.12. The Kier molecular flexibility index (Phi) is 2.66. The minimum absolute atomic E-state index is 0.732. The zero-order valence-corrected chi connectivity index (χ0v) is 9.04. The fourth-order valence-electron chi connectivity index (χ4n) is 1.64. The van der Waals surface area contributed by atoms with Crippen LogP contribution < -0.4 is 0 Å². The summed E-state index contributed by atoms with van der Waals surface area (Å²) in [5.41, 5.74) is 0. The monoisotopic (exact) mass is 201 g/mol. The number of hydrogen-bond acceptors (Lipinski definition) is 3. The van der Waals surface area contributed by atoms with Crippen LogP contribution >= 0.6 is 0 Å². The molecule has 3 saturated heterocycles. The van der Waals surface area contributed by atoms with Gasteiger partial charge in [-0.15, -0.1) is 0 Å². The van der Waals surface area contributed by atoms with E-state index < -0.39 is 8.32 Å². The first-order valence-electron chi connectivity index (χ1n) is 4.45. The highest BCUT2D eigenvalue weighted by atomic mass is 29.2. The summed E-state index contributed by atoms with van der Waals surface area (Å²) >= 11 is 0. The van der Waals surface area contributed by atoms with Gasteiger partial charge in [0.15, 0.2) is 0 Å². The van der Waals surface area contributed by atoms with Crippen LogP contribution in [-0.4, -0.2) is 37.9 Å². The lowest BCUT2D eigenvalue weighted by molar-refractivity contribution is 0.0253. The minimum atomic E-state index is -2.38. The van der Waals surface area contributed by atoms with Gasteiger partial charge in [-0.25, -0.2) is 0 Å². The molecular formula is C7H13O3Si2. The summed E-state index contributed by atoms with van der Waals surface area (Å²) in [4.78, 5) is 0. The predicted octanol–water partition coefficient (Wildman–Crippen LogP) is 0.454. The van der Waals surface area contributed by atoms with Gasteiger partial charge in [0, 0.05) is 19.8 Å². The van der Waals surface area contributed by atoms with Gasteiger partial charge in [0.2, 0.25) is 0 Å². The van der Waals surface area contributed by atoms with Gasteiger partial charge in [0.1, 0.15) is 9.76 Å². The van der Waals surface area contributed by atoms with Crippen LogP contribution in [-0.2, 0) is 13.3 Å². The summed E-state index contributed by atoms with van der Waals surface area (Å²) in [6.07, 6.45) is 3.48. The van der Waals surface area contributed by atoms with Gasteiger partial charge in [-0.2, -0.15) is 0 Å². The van der Waals surface area contributed by atoms with Gasteiger partial charge in [-0.1, -0.05) is 0 Å². The van der Waals surface area contributed by atoms with Crippen molar-refractivity contribution in [3.63, 3.8) is 0 Å². The molecule has 67 valence electrons. The normalized spacial score (nSPS) is 43.2. The third kappa shape index (κ3) is 1.97. The standard InChI is InChI=1S/C7H13O3Si2/c11-12-8-4-1-7(2-5-9-12)3-6-10-12/h7H,1-6H2. The van der Waals surface area contributed by atoms with E-state index >= 15 is 0 Å². The first-order valence-corrected chi connectivity index (χ1v) is 7.68. The van der Waals surface area contributed by atoms with E-state index in [1.807, 2.05) is 0 Å². The molecule has 2 bridgehead atoms. The molecule has 0 aromatic rings. The molecule has 3 fully saturated rings. The van der Waals surface area contributed by atoms with Gasteiger partial charge in [-0.05, 0) is 25.2 Å². The lowest BCUT2D eigenvalue weighted by atomic mass is 9.99. The molecule has 0 saturated carbocycles. The summed E-state index contributed by atoms with van der Waals surface area (Å²) < 4.78 is 16.6. The quantitative estimate of drug-likeness (QED) is 0.533. The van der Waals surface area contributed by atoms with Crippen molar-refractivity contribution in [2.75, 3.05) is 19.8 Å². The van der Waals surface area contributed by atoms with Crippen LogP contribution in [0.3, 0.4) is 0 Å². The van der Waals surface area contributed by atoms with Crippen LogP contribution in [0.25, 0.3) is 0 Å². The second kappa shape index (κ2) is 3.59. The zero-order chi connectivity index (χ0) is 8.44. The van der Waals surface area contributed by atoms with Crippen LogP contribution in [0.2, 0.25) is 0 Å². The highest BCUT2D eigenvalue weighted by Gasteiger charge is 2.37. The fraction of sp³-hybridized carbons (Fsp3) is 1.00. The third-order valence-electron chi connectivity index (χ3n) is 2.45. The van der Waals surface area contributed by atoms with Crippen molar-refractivity contribution >= 4 is 18.1 Å². The minimum Gasteiger partial charge on any atom is -0.377 e. The molecule has 12 heavy (non-hydrogen) atoms. The van der Waals surface area contributed by atoms with Gasteiger partial charge in [-0.3, -0.25) is 0 Å². The first-order chi connectivity index (χ1) is 5.79. The second-order valence-corrected chi connectivity index (χ2v) is 7.15. The summed E-state index contributed by atoms with van der Waals surface area (Å²) in [6, 6.07) is 0. The van der Waals surface area contributed by atoms with E-state index in [1.54, 1.807) is 0 Å². The molecule has 0 amide bonds. The maximum atomic E-state index is 5.55. The third-order valence-corrected chi connectivity index (χ3v) is 5.51. The van der Waals surface area contributed by atoms with E-state index in [-0.39, 0.29) is 0 Å². The van der Waals surface area contributed by atoms with Crippen LogP contribution in [0.5, 0.6) is 0 Å². The van der Waals surface area contributed by atoms with Crippen LogP contribution in [0, 0.1) is 5.92 Å². The van der Waals surface area contributed by atoms with Gasteiger partial charge in [0.05, 0.1) is 0 Å². The van der Waals surface area contributed by atoms with E-state index in [9.17, 15) is 0 Å². The largest absolute Gasteiger partial charge is 0.460 e. The smallest absolute Gasteiger partial charge is 0.377 e. The Morgan fingerprint density at radius 1 is 0.917 bits per heavy atom. The molecular weight excluding hydrogens is 188 g/mol. The lowest BCUT2D eigenvalue weighted by Gasteiger charge is -2.34. The number of rotatable bonds is 0. The zero-order valence-electron chi connectivity index (χ0n) is 7.04. The van der Waals surface area contributed by atoms with Crippen LogP contribution in [0.15, 0.2) is 0 Å². The first kappa shape index (κ1) is 8.89. The number of fused-ring (bicyclic) bond motifs is 6. The Morgan fingerprint density at radius 2 is 1.33 bits per heavy atom. The Balaban J connectivity index is 2.06. The molecule has 0 aliphatic carbocycles. The molecule has 3 heterocycles. The van der Waals surface area contributed by atoms with E-state index in [0.29, 0.717) is 0 Å². The van der Waals surface area contributed by atoms with Crippen LogP contribution in [0.1, 0.15) is 19.3 Å². The van der Waals surface area contributed by atoms with E-state index in [4.69, 9.17) is 13.3 Å². The lowest BCUT2D eigenvalue weighted by Crippen LogP contribution is -2.50. The Labute approximate surface area is 77.0 Å². The SMILES string of the molecule is [Si][Si]12OCCC(CCO1)CCO2. The molecule has 3 rings (SSSR count). The second-order valence-electron chi connectivity index (χ2n) is 3.33. The van der Waals surface area contributed by atoms with Gasteiger partial charge < -0.3 is 13.3 Å². The van der Waals surface area contributed by atoms with Crippen molar-refractivity contribution < 1.29 is 13.3 Å². The summed E-state index contributed by atoms with van der Waals surface area (Å²) in [5, 5.41) is 0. The molecule has 0 spiro atoms. The van der Waals surface area contributed by atoms with E-state index in [1.165, 1.54) is 0 Å². The van der Waals surface area contributed by atoms with Crippen molar-refractivity contribution in [3.05, 3.63) is 0 Å². The molecule has 3 nitrogen and oxygen atoms in total. The van der Waals surface area contributed by atoms with Gasteiger partial charge >= 0.3 is 8.32 Å². The maximum Gasteiger partial charge on any atom is 0.460 e. The Bertz CT molecular complexity index is 138. The van der Waals surface area contributed by atoms with Crippen molar-refractivity contribution in [3.8, 4) is 0 Å². The van der Waals surface area contributed by atoms with Crippen molar-refractivity contribution in [2.45, 2.75) is 19.3 Å². The van der Waals surface area contributed by atoms with Crippen molar-refractivity contribution in [1.82, 2.24) is 0 Å². The summed E-state index contributed by atoms with van der Waals surface area (Å²) in [5.74, 6) is 0.732. The highest BCUT2D eigenvalue weighted by Crippen LogP contribution is 2.23. The average Bonchev–Trinajstić information content (AvgIpc) is 1.93. The average molecular weight is 201 g/mol. The molecule has 5 heteroatoms. The topological polar surface area (TPSA) is 27.7 Å². The molecule has 0 N–H and O–H groups in total. The molecule has 0 aromatic heterocycles. The molecule has 0 unspecified atom stereocenters. The Hall–Kier alpha value is 0.314. The number of hydrogen-bond donors (Lipinski definition) is 0. The van der Waals surface area contributed by atoms with Crippen molar-refractivity contribution in [1.29, 1.82) is 0 Å². The molecule has 3 aliphatic rings. The Morgan fingerprint density at radius 3 is 1.75 bits per heavy atom. The predicted molar refractivity (Wildman–Crippen MR) is 46.7 cm³/mol.